The summed E-state index contributed by atoms with van der Waals surface area (Å²) >= 11 is 0. The molecule has 0 amide bonds. The maximum absolute atomic E-state index is 12.8. The van der Waals surface area contributed by atoms with E-state index >= 15 is 0 Å². The summed E-state index contributed by atoms with van der Waals surface area (Å²) < 4.78 is 28.3. The highest BCUT2D eigenvalue weighted by atomic mass is 31.3. The Kier molecular flexibility index (Phi) is 7.01. The van der Waals surface area contributed by atoms with Gasteiger partial charge < -0.3 is 14.7 Å². The van der Waals surface area contributed by atoms with Crippen LogP contribution in [0.5, 0.6) is 0 Å². The number of phosphoric acid groups is 1. The predicted molar refractivity (Wildman–Crippen MR) is 102 cm³/mol. The second-order valence-corrected chi connectivity index (χ2v) is 12.3. The zero-order valence-electron chi connectivity index (χ0n) is 15.9. The van der Waals surface area contributed by atoms with Gasteiger partial charge in [-0.3, -0.25) is 14.2 Å². The molecule has 8 nitrogen and oxygen atoms in total. The summed E-state index contributed by atoms with van der Waals surface area (Å²) in [6.45, 7) is 0. The summed E-state index contributed by atoms with van der Waals surface area (Å²) in [7, 11) is -9.94. The molecule has 2 bridgehead atoms. The summed E-state index contributed by atoms with van der Waals surface area (Å²) in [6, 6.07) is 0. The quantitative estimate of drug-likeness (QED) is 0.571. The van der Waals surface area contributed by atoms with Crippen LogP contribution < -0.4 is 0 Å². The summed E-state index contributed by atoms with van der Waals surface area (Å²) in [4.78, 5) is 53.8. The van der Waals surface area contributed by atoms with Crippen LogP contribution in [0.25, 0.3) is 0 Å². The normalized spacial score (nSPS) is 37.5. The predicted octanol–water partition coefficient (Wildman–Crippen LogP) is 3.58. The lowest BCUT2D eigenvalue weighted by atomic mass is 9.85. The van der Waals surface area contributed by atoms with Gasteiger partial charge in [0.25, 0.3) is 0 Å². The first-order chi connectivity index (χ1) is 13.0. The van der Waals surface area contributed by atoms with Crippen LogP contribution in [-0.4, -0.2) is 31.9 Å². The van der Waals surface area contributed by atoms with E-state index in [1.807, 2.05) is 0 Å². The minimum absolute atomic E-state index is 0.133. The number of hydrogen-bond donors (Lipinski definition) is 3. The van der Waals surface area contributed by atoms with Gasteiger partial charge in [0.15, 0.2) is 0 Å². The molecular formula is C18H30O8P2. The largest absolute Gasteiger partial charge is 0.476 e. The van der Waals surface area contributed by atoms with Gasteiger partial charge in [0, 0.05) is 25.7 Å². The van der Waals surface area contributed by atoms with Gasteiger partial charge in [0.05, 0.1) is 5.66 Å². The third-order valence-electron chi connectivity index (χ3n) is 6.78. The smallest absolute Gasteiger partial charge is 0.324 e. The fourth-order valence-corrected chi connectivity index (χ4v) is 8.59. The molecule has 6 atom stereocenters. The summed E-state index contributed by atoms with van der Waals surface area (Å²) in [5.41, 5.74) is -1.18. The van der Waals surface area contributed by atoms with E-state index in [9.17, 15) is 23.6 Å². The van der Waals surface area contributed by atoms with E-state index < -0.39 is 27.0 Å². The Balaban J connectivity index is 1.88. The lowest BCUT2D eigenvalue weighted by Crippen LogP contribution is -2.29. The topological polar surface area (TPSA) is 138 Å². The fourth-order valence-electron chi connectivity index (χ4n) is 5.57. The van der Waals surface area contributed by atoms with Crippen molar-refractivity contribution in [1.82, 2.24) is 0 Å². The highest BCUT2D eigenvalue weighted by Crippen LogP contribution is 2.64. The van der Waals surface area contributed by atoms with Crippen LogP contribution in [-0.2, 0) is 23.0 Å². The Morgan fingerprint density at radius 3 is 2.25 bits per heavy atom. The Labute approximate surface area is 165 Å². The molecule has 28 heavy (non-hydrogen) atoms. The number of fused-ring (bicyclic) bond motifs is 3. The van der Waals surface area contributed by atoms with E-state index in [2.05, 4.69) is 4.31 Å². The lowest BCUT2D eigenvalue weighted by molar-refractivity contribution is -0.120. The number of ketones is 2. The number of hydrogen-bond acceptors (Lipinski definition) is 5. The molecular weight excluding hydrogens is 406 g/mol. The van der Waals surface area contributed by atoms with E-state index in [0.717, 1.165) is 32.1 Å². The van der Waals surface area contributed by atoms with Crippen molar-refractivity contribution in [3.05, 3.63) is 0 Å². The Bertz CT molecular complexity index is 702. The van der Waals surface area contributed by atoms with Gasteiger partial charge in [0.1, 0.15) is 11.6 Å². The molecule has 6 unspecified atom stereocenters. The third-order valence-corrected chi connectivity index (χ3v) is 9.97. The van der Waals surface area contributed by atoms with Crippen LogP contribution in [0.4, 0.5) is 0 Å². The summed E-state index contributed by atoms with van der Waals surface area (Å²) in [6.07, 6.45) is 6.54. The molecule has 3 N–H and O–H groups in total. The summed E-state index contributed by atoms with van der Waals surface area (Å²) in [5.74, 6) is 0.0786. The van der Waals surface area contributed by atoms with Gasteiger partial charge >= 0.3 is 15.4 Å². The van der Waals surface area contributed by atoms with Gasteiger partial charge in [-0.2, -0.15) is 0 Å². The van der Waals surface area contributed by atoms with Crippen LogP contribution in [0.15, 0.2) is 0 Å². The molecule has 3 aliphatic rings. The van der Waals surface area contributed by atoms with E-state index in [1.165, 1.54) is 0 Å². The first-order valence-corrected chi connectivity index (χ1v) is 13.3. The van der Waals surface area contributed by atoms with Crippen LogP contribution in [0.2, 0.25) is 0 Å². The average Bonchev–Trinajstić information content (AvgIpc) is 3.17. The van der Waals surface area contributed by atoms with Crippen molar-refractivity contribution in [2.24, 2.45) is 23.7 Å². The molecule has 0 aromatic heterocycles. The Morgan fingerprint density at radius 2 is 1.54 bits per heavy atom. The molecule has 3 rings (SSSR count). The highest BCUT2D eigenvalue weighted by Gasteiger charge is 2.48. The van der Waals surface area contributed by atoms with Crippen molar-refractivity contribution < 1.29 is 37.7 Å². The average molecular weight is 436 g/mol. The van der Waals surface area contributed by atoms with Crippen molar-refractivity contribution in [3.63, 3.8) is 0 Å². The maximum Gasteiger partial charge on any atom is 0.476 e. The van der Waals surface area contributed by atoms with Crippen molar-refractivity contribution in [3.8, 4) is 0 Å². The van der Waals surface area contributed by atoms with E-state index in [1.54, 1.807) is 0 Å². The standard InChI is InChI=1S/C18H30O8P2/c19-15-7-6-12-4-5-13(8-12)9-16(20)11-18(17-3-1-2-14(17)10-15)27(21,22)26-28(23,24)25/h12-14,17-18H,1-11H2,(H,21,22)(H2,23,24,25). The Morgan fingerprint density at radius 1 is 0.821 bits per heavy atom. The van der Waals surface area contributed by atoms with Crippen molar-refractivity contribution >= 4 is 27.0 Å². The minimum Gasteiger partial charge on any atom is -0.324 e. The van der Waals surface area contributed by atoms with Gasteiger partial charge in [-0.05, 0) is 55.8 Å². The molecule has 3 aliphatic carbocycles. The molecule has 0 heterocycles. The van der Waals surface area contributed by atoms with Crippen molar-refractivity contribution in [2.45, 2.75) is 76.3 Å². The lowest BCUT2D eigenvalue weighted by Gasteiger charge is -2.31. The molecule has 10 heteroatoms. The summed E-state index contributed by atoms with van der Waals surface area (Å²) in [5, 5.41) is 0. The monoisotopic (exact) mass is 436 g/mol. The third kappa shape index (κ3) is 5.84. The molecule has 3 fully saturated rings. The second kappa shape index (κ2) is 8.79. The van der Waals surface area contributed by atoms with E-state index in [0.29, 0.717) is 38.0 Å². The molecule has 0 aromatic carbocycles. The minimum atomic E-state index is -5.19. The molecule has 0 aromatic rings. The number of carbonyl (C=O) groups is 2. The fraction of sp³-hybridized carbons (Fsp3) is 0.889. The first-order valence-electron chi connectivity index (χ1n) is 10.2. The molecule has 0 aliphatic heterocycles. The van der Waals surface area contributed by atoms with Gasteiger partial charge in [-0.15, -0.1) is 0 Å². The molecule has 0 spiro atoms. The van der Waals surface area contributed by atoms with Crippen molar-refractivity contribution in [1.29, 1.82) is 0 Å². The zero-order valence-corrected chi connectivity index (χ0v) is 17.7. The van der Waals surface area contributed by atoms with Gasteiger partial charge in [-0.1, -0.05) is 12.8 Å². The van der Waals surface area contributed by atoms with Gasteiger partial charge in [0.2, 0.25) is 0 Å². The molecule has 3 saturated carbocycles. The number of Topliss-reactive ketones (excluding diaryl/α,β-unsaturated/α-hetero) is 2. The van der Waals surface area contributed by atoms with Crippen LogP contribution in [0, 0.1) is 23.7 Å². The maximum atomic E-state index is 12.8. The second-order valence-electron chi connectivity index (χ2n) is 8.83. The van der Waals surface area contributed by atoms with E-state index in [4.69, 9.17) is 9.79 Å². The molecule has 0 saturated heterocycles. The zero-order chi connectivity index (χ0) is 20.5. The van der Waals surface area contributed by atoms with Crippen LogP contribution >= 0.6 is 15.4 Å². The van der Waals surface area contributed by atoms with Crippen LogP contribution in [0.1, 0.15) is 70.6 Å². The first kappa shape index (κ1) is 22.3. The molecule has 0 radical (unpaired) electrons. The van der Waals surface area contributed by atoms with Gasteiger partial charge in [-0.25, -0.2) is 8.88 Å². The SMILES string of the molecule is O=C1CCC2CCC(CC(=O)CC(P(=O)(O)OP(=O)(O)O)C3CCCC3C1)C2. The van der Waals surface area contributed by atoms with E-state index in [-0.39, 0.29) is 29.8 Å². The Hall–Kier alpha value is -0.360. The van der Waals surface area contributed by atoms with Crippen LogP contribution in [0.3, 0.4) is 0 Å². The molecule has 160 valence electrons. The number of rotatable bonds is 3. The number of carbonyl (C=O) groups excluding carboxylic acids is 2. The highest BCUT2D eigenvalue weighted by molar-refractivity contribution is 7.64. The van der Waals surface area contributed by atoms with Crippen molar-refractivity contribution in [2.75, 3.05) is 0 Å².